The number of benzene rings is 6. The normalized spacial score (nSPS) is 12.0. The number of anilines is 9. The molecule has 9 rings (SSSR count). The van der Waals surface area contributed by atoms with Gasteiger partial charge in [0.25, 0.3) is 40.5 Å². The van der Waals surface area contributed by atoms with E-state index in [1.165, 1.54) is 37.3 Å². The predicted octanol–water partition coefficient (Wildman–Crippen LogP) is 11.4. The Morgan fingerprint density at radius 1 is 0.506 bits per heavy atom. The smallest absolute Gasteiger partial charge is 0.295 e. The molecule has 420 valence electrons. The van der Waals surface area contributed by atoms with Crippen LogP contribution < -0.4 is 26.6 Å². The van der Waals surface area contributed by atoms with Crippen molar-refractivity contribution in [3.05, 3.63) is 150 Å². The minimum Gasteiger partial charge on any atom is -0.354 e. The van der Waals surface area contributed by atoms with Crippen LogP contribution in [-0.4, -0.2) is 78.4 Å². The molecule has 3 aromatic heterocycles. The molecule has 6 aromatic carbocycles. The molecule has 3 heterocycles. The van der Waals surface area contributed by atoms with E-state index in [0.717, 1.165) is 59.9 Å². The van der Waals surface area contributed by atoms with Crippen molar-refractivity contribution in [2.24, 2.45) is 20.5 Å². The van der Waals surface area contributed by atoms with Crippen molar-refractivity contribution in [2.45, 2.75) is 33.4 Å². The molecule has 0 bridgehead atoms. The van der Waals surface area contributed by atoms with Crippen LogP contribution in [0.5, 0.6) is 0 Å². The lowest BCUT2D eigenvalue weighted by Gasteiger charge is -2.16. The monoisotopic (exact) mass is 1210 g/mol. The fraction of sp³-hybridized carbons (Fsp3) is 0.0588. The lowest BCUT2D eigenvalue weighted by Crippen LogP contribution is -2.09. The summed E-state index contributed by atoms with van der Waals surface area (Å²) in [6, 6.07) is 34.8. The number of aromatic nitrogens is 4. The van der Waals surface area contributed by atoms with Gasteiger partial charge in [-0.1, -0.05) is 53.8 Å². The number of hydrogen-bond acceptors (Lipinski definition) is 24. The van der Waals surface area contributed by atoms with Crippen LogP contribution in [-0.2, 0) is 40.5 Å². The second-order valence-electron chi connectivity index (χ2n) is 17.3. The lowest BCUT2D eigenvalue weighted by atomic mass is 10.0. The van der Waals surface area contributed by atoms with E-state index in [2.05, 4.69) is 79.1 Å². The van der Waals surface area contributed by atoms with Crippen LogP contribution in [0.2, 0.25) is 0 Å². The highest BCUT2D eigenvalue weighted by atomic mass is 32.2. The zero-order valence-corrected chi connectivity index (χ0v) is 46.6. The Bertz CT molecular complexity index is 4660. The largest absolute Gasteiger partial charge is 0.354 e. The zero-order chi connectivity index (χ0) is 59.4. The molecule has 9 N–H and O–H groups in total. The minimum atomic E-state index is -5.07. The Balaban J connectivity index is 1.17. The quantitative estimate of drug-likeness (QED) is 0.0268. The molecule has 27 nitrogen and oxygen atoms in total. The first-order chi connectivity index (χ1) is 39.4. The van der Waals surface area contributed by atoms with E-state index in [0.29, 0.717) is 23.5 Å². The molecule has 0 atom stereocenters. The molecule has 9 aromatic rings. The van der Waals surface area contributed by atoms with Gasteiger partial charge in [-0.05, 0) is 110 Å². The first kappa shape index (κ1) is 57.9. The number of nitriles is 2. The average Bonchev–Trinajstić information content (AvgIpc) is 3.98. The molecule has 0 unspecified atom stereocenters. The van der Waals surface area contributed by atoms with Gasteiger partial charge in [-0.25, -0.2) is 4.98 Å². The van der Waals surface area contributed by atoms with E-state index < -0.39 is 60.1 Å². The Morgan fingerprint density at radius 3 is 1.57 bits per heavy atom. The van der Waals surface area contributed by atoms with Crippen molar-refractivity contribution in [1.82, 2.24) is 19.9 Å². The fourth-order valence-electron chi connectivity index (χ4n) is 7.97. The SMILES string of the molecule is CCNc1nc(Nc2ccccc2)nc(Nc2ccc(-c3c(N=Nc4cc(S(=O)(=O)O)c5cccc(S(=O)(=O)O)c5c4)sc(N=Nc4c(Nc5ccc(S(=O)(=O)O)cc5)nc(Nc5ccc(S(=O)(=O)O)cc5)c(C#N)c4C)c3C#N)cc2)n1. The van der Waals surface area contributed by atoms with Gasteiger partial charge in [0.05, 0.1) is 21.0 Å². The summed E-state index contributed by atoms with van der Waals surface area (Å²) in [7, 11) is -19.2. The van der Waals surface area contributed by atoms with Crippen molar-refractivity contribution in [3.63, 3.8) is 0 Å². The molecule has 0 aliphatic rings. The Kier molecular flexibility index (Phi) is 16.3. The lowest BCUT2D eigenvalue weighted by molar-refractivity contribution is 0.481. The molecule has 32 heteroatoms. The van der Waals surface area contributed by atoms with E-state index in [-0.39, 0.29) is 95.3 Å². The molecule has 0 saturated heterocycles. The van der Waals surface area contributed by atoms with E-state index in [1.54, 1.807) is 24.3 Å². The van der Waals surface area contributed by atoms with Crippen molar-refractivity contribution >= 4 is 136 Å². The number of para-hydroxylation sites is 1. The molecule has 0 amide bonds. The summed E-state index contributed by atoms with van der Waals surface area (Å²) >= 11 is 0.755. The summed E-state index contributed by atoms with van der Waals surface area (Å²) in [4.78, 5) is 15.7. The Hall–Kier alpha value is -9.74. The number of hydrogen-bond donors (Lipinski definition) is 9. The molecule has 83 heavy (non-hydrogen) atoms. The third kappa shape index (κ3) is 13.4. The molecular weight excluding hydrogens is 1170 g/mol. The van der Waals surface area contributed by atoms with E-state index in [9.17, 15) is 62.4 Å². The standard InChI is InChI=1S/C51H39N15O12S5/c1-3-54-49-60-50(57-30-8-5-4-6-9-30)62-51(61-49)58-33-14-12-29(13-15-33)43-40(27-53)47(79-48(43)66-63-34-24-38-37(42(25-34)83(76,77)78)10-7-11-41(38)82(73,74)75)65-64-44-28(2)39(26-52)45(55-31-16-20-35(21-17-31)80(67,68)69)59-46(44)56-32-18-22-36(23-19-32)81(70,71)72/h4-25H,3H2,1-2H3,(H2,55,56,59)(H,67,68,69)(H,70,71,72)(H,73,74,75)(H,76,77,78)(H3,54,57,58,60,61,62). The first-order valence-electron chi connectivity index (χ1n) is 23.7. The second-order valence-corrected chi connectivity index (χ2v) is 23.9. The third-order valence-corrected chi connectivity index (χ3v) is 16.2. The van der Waals surface area contributed by atoms with Crippen LogP contribution in [0.1, 0.15) is 23.6 Å². The molecule has 0 aliphatic heterocycles. The Morgan fingerprint density at radius 2 is 1.02 bits per heavy atom. The van der Waals surface area contributed by atoms with E-state index in [1.807, 2.05) is 37.3 Å². The van der Waals surface area contributed by atoms with Crippen LogP contribution in [0.4, 0.5) is 73.6 Å². The predicted molar refractivity (Wildman–Crippen MR) is 306 cm³/mol. The van der Waals surface area contributed by atoms with Crippen molar-refractivity contribution in [1.29, 1.82) is 10.5 Å². The van der Waals surface area contributed by atoms with Gasteiger partial charge in [0.2, 0.25) is 17.8 Å². The maximum Gasteiger partial charge on any atom is 0.295 e. The zero-order valence-electron chi connectivity index (χ0n) is 42.5. The number of nitrogens with one attached hydrogen (secondary N) is 5. The van der Waals surface area contributed by atoms with Crippen LogP contribution in [0.25, 0.3) is 21.9 Å². The Labute approximate surface area is 476 Å². The van der Waals surface area contributed by atoms with E-state index in [4.69, 9.17) is 0 Å². The summed E-state index contributed by atoms with van der Waals surface area (Å²) in [5.74, 6) is 0.434. The summed E-state index contributed by atoms with van der Waals surface area (Å²) < 4.78 is 137. The van der Waals surface area contributed by atoms with Crippen LogP contribution in [0, 0.1) is 29.6 Å². The second kappa shape index (κ2) is 23.4. The van der Waals surface area contributed by atoms with Gasteiger partial charge in [-0.2, -0.15) is 59.1 Å². The first-order valence-corrected chi connectivity index (χ1v) is 30.2. The number of azo groups is 2. The van der Waals surface area contributed by atoms with E-state index >= 15 is 0 Å². The highest BCUT2D eigenvalue weighted by molar-refractivity contribution is 7.86. The van der Waals surface area contributed by atoms with Gasteiger partial charge < -0.3 is 26.6 Å². The molecule has 0 aliphatic carbocycles. The number of nitrogens with zero attached hydrogens (tertiary/aromatic N) is 10. The molecular formula is C51H39N15O12S5. The highest BCUT2D eigenvalue weighted by Crippen LogP contribution is 2.49. The molecule has 0 saturated carbocycles. The van der Waals surface area contributed by atoms with Gasteiger partial charge in [0.15, 0.2) is 16.6 Å². The number of thiophene rings is 1. The van der Waals surface area contributed by atoms with Crippen LogP contribution >= 0.6 is 11.3 Å². The van der Waals surface area contributed by atoms with Crippen molar-refractivity contribution < 1.29 is 51.9 Å². The summed E-state index contributed by atoms with van der Waals surface area (Å²) in [5.41, 5.74) is 1.49. The summed E-state index contributed by atoms with van der Waals surface area (Å²) in [5, 5.41) is 53.5. The third-order valence-electron chi connectivity index (χ3n) is 11.7. The average molecular weight is 1210 g/mol. The highest BCUT2D eigenvalue weighted by Gasteiger charge is 2.25. The van der Waals surface area contributed by atoms with Gasteiger partial charge in [0, 0.05) is 51.2 Å². The topological polar surface area (TPSA) is 426 Å². The number of fused-ring (bicyclic) bond motifs is 1. The van der Waals surface area contributed by atoms with Crippen LogP contribution in [0.3, 0.4) is 0 Å². The van der Waals surface area contributed by atoms with Gasteiger partial charge in [0.1, 0.15) is 38.2 Å². The fourth-order valence-corrected chi connectivity index (χ4v) is 11.3. The molecule has 0 radical (unpaired) electrons. The summed E-state index contributed by atoms with van der Waals surface area (Å²) in [6.45, 7) is 3.86. The minimum absolute atomic E-state index is 0.0541. The van der Waals surface area contributed by atoms with Gasteiger partial charge >= 0.3 is 0 Å². The molecule has 0 fully saturated rings. The molecule has 0 spiro atoms. The maximum absolute atomic E-state index is 12.7. The number of rotatable bonds is 19. The van der Waals surface area contributed by atoms with Crippen molar-refractivity contribution in [3.8, 4) is 23.3 Å². The summed E-state index contributed by atoms with van der Waals surface area (Å²) in [6.07, 6.45) is 0. The van der Waals surface area contributed by atoms with Gasteiger partial charge in [-0.15, -0.1) is 20.5 Å². The maximum atomic E-state index is 12.7. The number of pyridine rings is 1. The van der Waals surface area contributed by atoms with Crippen LogP contribution in [0.15, 0.2) is 173 Å². The van der Waals surface area contributed by atoms with Gasteiger partial charge in [-0.3, -0.25) is 18.2 Å². The van der Waals surface area contributed by atoms with Crippen molar-refractivity contribution in [2.75, 3.05) is 33.1 Å².